The number of rotatable bonds is 7. The molecule has 0 unspecified atom stereocenters. The van der Waals surface area contributed by atoms with Crippen molar-refractivity contribution >= 4 is 29.3 Å². The zero-order valence-corrected chi connectivity index (χ0v) is 15.9. The van der Waals surface area contributed by atoms with Crippen LogP contribution in [-0.2, 0) is 18.4 Å². The minimum atomic E-state index is -0.317. The number of nitrogens with one attached hydrogen (secondary N) is 2. The zero-order valence-electron chi connectivity index (χ0n) is 15.1. The molecule has 0 saturated heterocycles. The third-order valence-corrected chi connectivity index (χ3v) is 4.83. The van der Waals surface area contributed by atoms with E-state index in [1.165, 1.54) is 23.9 Å². The molecule has 2 N–H and O–H groups in total. The molecule has 28 heavy (non-hydrogen) atoms. The van der Waals surface area contributed by atoms with E-state index in [0.29, 0.717) is 23.0 Å². The number of amides is 2. The molecular weight excluding hydrogens is 381 g/mol. The number of carbonyl (C=O) groups excluding carboxylic acids is 2. The first-order chi connectivity index (χ1) is 13.5. The average molecular weight is 399 g/mol. The summed E-state index contributed by atoms with van der Waals surface area (Å²) in [5, 5.41) is 13.8. The highest BCUT2D eigenvalue weighted by Gasteiger charge is 2.09. The molecule has 0 spiro atoms. The van der Waals surface area contributed by atoms with Crippen molar-refractivity contribution in [3.63, 3.8) is 0 Å². The Balaban J connectivity index is 1.48. The second kappa shape index (κ2) is 9.14. The summed E-state index contributed by atoms with van der Waals surface area (Å²) in [4.78, 5) is 24.2. The molecule has 3 aromatic rings. The van der Waals surface area contributed by atoms with Gasteiger partial charge in [0.05, 0.1) is 5.75 Å². The van der Waals surface area contributed by atoms with Gasteiger partial charge in [-0.25, -0.2) is 4.39 Å². The third kappa shape index (κ3) is 5.40. The quantitative estimate of drug-likeness (QED) is 0.596. The van der Waals surface area contributed by atoms with Gasteiger partial charge < -0.3 is 15.2 Å². The molecule has 0 atom stereocenters. The molecule has 0 fully saturated rings. The van der Waals surface area contributed by atoms with E-state index in [1.807, 2.05) is 0 Å². The first-order valence-corrected chi connectivity index (χ1v) is 9.39. The number of halogens is 1. The van der Waals surface area contributed by atoms with Crippen molar-refractivity contribution < 1.29 is 14.0 Å². The predicted molar refractivity (Wildman–Crippen MR) is 104 cm³/mol. The lowest BCUT2D eigenvalue weighted by Gasteiger charge is -2.08. The molecule has 2 aromatic carbocycles. The van der Waals surface area contributed by atoms with Crippen LogP contribution < -0.4 is 10.6 Å². The summed E-state index contributed by atoms with van der Waals surface area (Å²) in [5.74, 6) is -0.545. The number of anilines is 1. The van der Waals surface area contributed by atoms with Crippen LogP contribution in [0.2, 0.25) is 0 Å². The molecule has 1 heterocycles. The summed E-state index contributed by atoms with van der Waals surface area (Å²) in [6.07, 6.45) is 1.57. The molecule has 2 amide bonds. The van der Waals surface area contributed by atoms with Crippen LogP contribution in [-0.4, -0.2) is 32.3 Å². The van der Waals surface area contributed by atoms with Gasteiger partial charge in [-0.3, -0.25) is 9.59 Å². The van der Waals surface area contributed by atoms with Gasteiger partial charge in [0.1, 0.15) is 12.1 Å². The van der Waals surface area contributed by atoms with Crippen LogP contribution in [0.5, 0.6) is 0 Å². The second-order valence-corrected chi connectivity index (χ2v) is 6.89. The maximum Gasteiger partial charge on any atom is 0.251 e. The highest BCUT2D eigenvalue weighted by atomic mass is 32.2. The van der Waals surface area contributed by atoms with E-state index in [4.69, 9.17) is 0 Å². The van der Waals surface area contributed by atoms with Gasteiger partial charge in [0, 0.05) is 24.8 Å². The number of aromatic nitrogens is 3. The van der Waals surface area contributed by atoms with Crippen LogP contribution in [0, 0.1) is 5.82 Å². The lowest BCUT2D eigenvalue weighted by molar-refractivity contribution is -0.113. The lowest BCUT2D eigenvalue weighted by Crippen LogP contribution is -2.22. The molecular formula is C19H18FN5O2S. The maximum atomic E-state index is 12.9. The third-order valence-electron chi connectivity index (χ3n) is 3.80. The van der Waals surface area contributed by atoms with Crippen molar-refractivity contribution in [2.75, 3.05) is 11.1 Å². The molecule has 144 valence electrons. The summed E-state index contributed by atoms with van der Waals surface area (Å²) in [6, 6.07) is 12.5. The van der Waals surface area contributed by atoms with Crippen LogP contribution in [0.25, 0.3) is 0 Å². The summed E-state index contributed by atoms with van der Waals surface area (Å²) in [5.41, 5.74) is 1.87. The number of carbonyl (C=O) groups is 2. The normalized spacial score (nSPS) is 10.5. The van der Waals surface area contributed by atoms with Crippen molar-refractivity contribution in [1.82, 2.24) is 20.1 Å². The lowest BCUT2D eigenvalue weighted by atomic mass is 10.1. The van der Waals surface area contributed by atoms with Crippen LogP contribution >= 0.6 is 11.8 Å². The van der Waals surface area contributed by atoms with E-state index in [-0.39, 0.29) is 23.4 Å². The van der Waals surface area contributed by atoms with Gasteiger partial charge in [-0.15, -0.1) is 10.2 Å². The zero-order chi connectivity index (χ0) is 19.9. The van der Waals surface area contributed by atoms with E-state index in [1.54, 1.807) is 54.3 Å². The fourth-order valence-electron chi connectivity index (χ4n) is 2.32. The van der Waals surface area contributed by atoms with Crippen LogP contribution in [0.15, 0.2) is 60.0 Å². The van der Waals surface area contributed by atoms with E-state index in [9.17, 15) is 14.0 Å². The van der Waals surface area contributed by atoms with Gasteiger partial charge >= 0.3 is 0 Å². The highest BCUT2D eigenvalue weighted by molar-refractivity contribution is 7.99. The molecule has 0 aliphatic carbocycles. The Morgan fingerprint density at radius 2 is 1.82 bits per heavy atom. The molecule has 3 rings (SSSR count). The monoisotopic (exact) mass is 399 g/mol. The van der Waals surface area contributed by atoms with Crippen LogP contribution in [0.4, 0.5) is 10.1 Å². The van der Waals surface area contributed by atoms with E-state index < -0.39 is 0 Å². The van der Waals surface area contributed by atoms with E-state index in [0.717, 1.165) is 5.56 Å². The molecule has 0 bridgehead atoms. The average Bonchev–Trinajstić information content (AvgIpc) is 3.11. The van der Waals surface area contributed by atoms with Crippen molar-refractivity contribution in [3.05, 3.63) is 71.8 Å². The van der Waals surface area contributed by atoms with Crippen molar-refractivity contribution in [3.8, 4) is 0 Å². The number of hydrogen-bond acceptors (Lipinski definition) is 5. The molecule has 7 nitrogen and oxygen atoms in total. The number of nitrogens with zero attached hydrogens (tertiary/aromatic N) is 3. The van der Waals surface area contributed by atoms with Crippen molar-refractivity contribution in [2.45, 2.75) is 11.7 Å². The fourth-order valence-corrected chi connectivity index (χ4v) is 3.01. The van der Waals surface area contributed by atoms with Gasteiger partial charge in [-0.05, 0) is 42.0 Å². The summed E-state index contributed by atoms with van der Waals surface area (Å²) < 4.78 is 14.6. The fraction of sp³-hybridized carbons (Fsp3) is 0.158. The van der Waals surface area contributed by atoms with E-state index >= 15 is 0 Å². The predicted octanol–water partition coefficient (Wildman–Crippen LogP) is 2.62. The number of aryl methyl sites for hydroxylation is 1. The van der Waals surface area contributed by atoms with Crippen molar-refractivity contribution in [2.24, 2.45) is 7.05 Å². The first kappa shape index (κ1) is 19.6. The van der Waals surface area contributed by atoms with Gasteiger partial charge in [0.2, 0.25) is 5.91 Å². The molecule has 1 aromatic heterocycles. The summed E-state index contributed by atoms with van der Waals surface area (Å²) >= 11 is 1.28. The Morgan fingerprint density at radius 1 is 1.11 bits per heavy atom. The van der Waals surface area contributed by atoms with E-state index in [2.05, 4.69) is 20.8 Å². The number of hydrogen-bond donors (Lipinski definition) is 2. The van der Waals surface area contributed by atoms with Crippen LogP contribution in [0.1, 0.15) is 15.9 Å². The highest BCUT2D eigenvalue weighted by Crippen LogP contribution is 2.15. The Hall–Kier alpha value is -3.20. The van der Waals surface area contributed by atoms with Gasteiger partial charge in [0.25, 0.3) is 5.91 Å². The minimum Gasteiger partial charge on any atom is -0.348 e. The van der Waals surface area contributed by atoms with Gasteiger partial charge in [0.15, 0.2) is 5.16 Å². The Morgan fingerprint density at radius 3 is 2.46 bits per heavy atom. The number of benzene rings is 2. The summed E-state index contributed by atoms with van der Waals surface area (Å²) in [6.45, 7) is 0.302. The molecule has 0 aliphatic heterocycles. The molecule has 0 aliphatic rings. The maximum absolute atomic E-state index is 12.9. The van der Waals surface area contributed by atoms with Gasteiger partial charge in [-0.2, -0.15) is 0 Å². The Labute approximate surface area is 165 Å². The molecule has 0 radical (unpaired) electrons. The number of thioether (sulfide) groups is 1. The Kier molecular flexibility index (Phi) is 6.38. The smallest absolute Gasteiger partial charge is 0.251 e. The first-order valence-electron chi connectivity index (χ1n) is 8.40. The molecule has 9 heteroatoms. The van der Waals surface area contributed by atoms with Crippen molar-refractivity contribution in [1.29, 1.82) is 0 Å². The minimum absolute atomic E-state index is 0.179. The summed E-state index contributed by atoms with van der Waals surface area (Å²) in [7, 11) is 1.81. The topological polar surface area (TPSA) is 88.9 Å². The standard InChI is InChI=1S/C19H18FN5O2S/c1-25-12-22-24-19(25)28-11-17(26)23-16-8-4-14(5-9-16)18(27)21-10-13-2-6-15(20)7-3-13/h2-9,12H,10-11H2,1H3,(H,21,27)(H,23,26). The van der Waals surface area contributed by atoms with Gasteiger partial charge in [-0.1, -0.05) is 23.9 Å². The Bertz CT molecular complexity index is 957. The largest absolute Gasteiger partial charge is 0.348 e. The van der Waals surface area contributed by atoms with Crippen LogP contribution in [0.3, 0.4) is 0 Å². The second-order valence-electron chi connectivity index (χ2n) is 5.95. The SMILES string of the molecule is Cn1cnnc1SCC(=O)Nc1ccc(C(=O)NCc2ccc(F)cc2)cc1. The molecule has 0 saturated carbocycles.